The average molecular weight is 529 g/mol. The Morgan fingerprint density at radius 1 is 1.14 bits per heavy atom. The highest BCUT2D eigenvalue weighted by Gasteiger charge is 2.40. The molecule has 0 bridgehead atoms. The fraction of sp³-hybridized carbons (Fsp3) is 0.654. The summed E-state index contributed by atoms with van der Waals surface area (Å²) in [5.41, 5.74) is 1.20. The van der Waals surface area contributed by atoms with E-state index in [0.29, 0.717) is 44.9 Å². The molecule has 1 saturated carbocycles. The van der Waals surface area contributed by atoms with Crippen LogP contribution in [0.4, 0.5) is 0 Å². The monoisotopic (exact) mass is 528 g/mol. The lowest BCUT2D eigenvalue weighted by atomic mass is 9.85. The summed E-state index contributed by atoms with van der Waals surface area (Å²) in [5.74, 6) is -0.195. The summed E-state index contributed by atoms with van der Waals surface area (Å²) in [6, 6.07) is 10.1. The first-order valence-electron chi connectivity index (χ1n) is 12.4. The summed E-state index contributed by atoms with van der Waals surface area (Å²) in [7, 11) is -2.36. The molecule has 198 valence electrons. The van der Waals surface area contributed by atoms with Crippen LogP contribution in [0.3, 0.4) is 0 Å². The van der Waals surface area contributed by atoms with E-state index in [-0.39, 0.29) is 36.6 Å². The van der Waals surface area contributed by atoms with Gasteiger partial charge in [-0.1, -0.05) is 42.5 Å². The van der Waals surface area contributed by atoms with Crippen molar-refractivity contribution in [1.29, 1.82) is 0 Å². The van der Waals surface area contributed by atoms with Crippen molar-refractivity contribution < 1.29 is 33.3 Å². The van der Waals surface area contributed by atoms with Gasteiger partial charge in [0.2, 0.25) is 0 Å². The van der Waals surface area contributed by atoms with E-state index in [1.165, 1.54) is 5.56 Å². The van der Waals surface area contributed by atoms with Crippen LogP contribution in [0, 0.1) is 11.8 Å². The molecule has 9 heteroatoms. The van der Waals surface area contributed by atoms with Crippen LogP contribution in [0.5, 0.6) is 0 Å². The lowest BCUT2D eigenvalue weighted by molar-refractivity contribution is -0.143. The van der Waals surface area contributed by atoms with E-state index in [4.69, 9.17) is 4.74 Å². The molecular formula is C26H40O7S2. The van der Waals surface area contributed by atoms with Gasteiger partial charge in [0.15, 0.2) is 8.87 Å². The number of benzene rings is 1. The minimum atomic E-state index is -3.12. The van der Waals surface area contributed by atoms with Crippen molar-refractivity contribution >= 4 is 25.6 Å². The minimum Gasteiger partial charge on any atom is -0.465 e. The highest BCUT2D eigenvalue weighted by Crippen LogP contribution is 2.38. The summed E-state index contributed by atoms with van der Waals surface area (Å²) in [4.78, 5) is 11.7. The maximum Gasteiger partial charge on any atom is 0.305 e. The lowest BCUT2D eigenvalue weighted by Crippen LogP contribution is -2.23. The van der Waals surface area contributed by atoms with E-state index in [0.717, 1.165) is 23.5 Å². The van der Waals surface area contributed by atoms with E-state index in [1.54, 1.807) is 0 Å². The van der Waals surface area contributed by atoms with E-state index >= 15 is 0 Å². The highest BCUT2D eigenvalue weighted by molar-refractivity contribution is 8.71. The highest BCUT2D eigenvalue weighted by atomic mass is 33.1. The molecule has 1 aliphatic carbocycles. The molecule has 7 nitrogen and oxygen atoms in total. The zero-order valence-electron chi connectivity index (χ0n) is 20.5. The molecule has 3 N–H and O–H groups in total. The van der Waals surface area contributed by atoms with Crippen LogP contribution >= 0.6 is 10.8 Å². The lowest BCUT2D eigenvalue weighted by Gasteiger charge is -2.23. The van der Waals surface area contributed by atoms with Crippen molar-refractivity contribution in [3.63, 3.8) is 0 Å². The van der Waals surface area contributed by atoms with Gasteiger partial charge in [-0.2, -0.15) is 0 Å². The van der Waals surface area contributed by atoms with Gasteiger partial charge in [0.25, 0.3) is 0 Å². The molecule has 0 unspecified atom stereocenters. The third-order valence-electron chi connectivity index (χ3n) is 6.43. The Kier molecular flexibility index (Phi) is 13.4. The molecule has 1 fully saturated rings. The number of unbranched alkanes of at least 4 members (excludes halogenated alkanes) is 1. The largest absolute Gasteiger partial charge is 0.465 e. The number of esters is 1. The third-order valence-corrected chi connectivity index (χ3v) is 8.98. The van der Waals surface area contributed by atoms with Crippen LogP contribution in [0.1, 0.15) is 56.9 Å². The number of hydrogen-bond acceptors (Lipinski definition) is 8. The quantitative estimate of drug-likeness (QED) is 0.129. The van der Waals surface area contributed by atoms with Crippen molar-refractivity contribution in [2.24, 2.45) is 11.8 Å². The number of hydrogen-bond donors (Lipinski definition) is 3. The Hall–Kier alpha value is -1.39. The molecule has 0 aromatic heterocycles. The fourth-order valence-electron chi connectivity index (χ4n) is 4.56. The molecule has 1 aromatic rings. The average Bonchev–Trinajstić information content (AvgIpc) is 3.08. The SMILES string of the molecule is CS(=O)(=O)SCCOC(=O)CCC/C=C\C[C@@H]1[C@@H](CC[C@@H](O)CCc2ccccc2)[C@H](O)C[C@@H]1O. The van der Waals surface area contributed by atoms with E-state index in [2.05, 4.69) is 12.1 Å². The van der Waals surface area contributed by atoms with Gasteiger partial charge in [-0.15, -0.1) is 0 Å². The topological polar surface area (TPSA) is 121 Å². The second-order valence-electron chi connectivity index (χ2n) is 9.30. The van der Waals surface area contributed by atoms with Gasteiger partial charge in [0, 0.05) is 18.4 Å². The van der Waals surface area contributed by atoms with Crippen molar-refractivity contribution in [3.8, 4) is 0 Å². The van der Waals surface area contributed by atoms with Crippen LogP contribution in [-0.2, 0) is 24.8 Å². The van der Waals surface area contributed by atoms with Gasteiger partial charge in [-0.25, -0.2) is 8.42 Å². The number of rotatable bonds is 16. The Morgan fingerprint density at radius 2 is 1.86 bits per heavy atom. The maximum atomic E-state index is 11.7. The number of aliphatic hydroxyl groups excluding tert-OH is 3. The maximum absolute atomic E-state index is 11.7. The predicted octanol–water partition coefficient (Wildman–Crippen LogP) is 3.47. The molecule has 0 radical (unpaired) electrons. The van der Waals surface area contributed by atoms with Crippen LogP contribution in [0.15, 0.2) is 42.5 Å². The van der Waals surface area contributed by atoms with Crippen molar-refractivity contribution in [3.05, 3.63) is 48.0 Å². The van der Waals surface area contributed by atoms with Gasteiger partial charge in [-0.05, 0) is 79.6 Å². The van der Waals surface area contributed by atoms with Gasteiger partial charge in [0.05, 0.1) is 18.3 Å². The third kappa shape index (κ3) is 12.4. The fourth-order valence-corrected chi connectivity index (χ4v) is 6.13. The molecule has 0 aliphatic heterocycles. The molecule has 35 heavy (non-hydrogen) atoms. The second-order valence-corrected chi connectivity index (χ2v) is 13.9. The smallest absolute Gasteiger partial charge is 0.305 e. The summed E-state index contributed by atoms with van der Waals surface area (Å²) in [5, 5.41) is 31.3. The molecule has 0 spiro atoms. The van der Waals surface area contributed by atoms with Crippen LogP contribution in [0.2, 0.25) is 0 Å². The first-order chi connectivity index (χ1) is 16.7. The van der Waals surface area contributed by atoms with E-state index in [9.17, 15) is 28.5 Å². The molecule has 0 saturated heterocycles. The van der Waals surface area contributed by atoms with Crippen LogP contribution < -0.4 is 0 Å². The number of aryl methyl sites for hydroxylation is 1. The second kappa shape index (κ2) is 15.7. The Labute approximate surface area is 213 Å². The molecular weight excluding hydrogens is 488 g/mol. The van der Waals surface area contributed by atoms with Gasteiger partial charge in [0.1, 0.15) is 6.61 Å². The number of ether oxygens (including phenoxy) is 1. The van der Waals surface area contributed by atoms with Gasteiger partial charge >= 0.3 is 5.97 Å². The minimum absolute atomic E-state index is 0.0409. The van der Waals surface area contributed by atoms with E-state index in [1.807, 2.05) is 30.4 Å². The molecule has 5 atom stereocenters. The van der Waals surface area contributed by atoms with Crippen molar-refractivity contribution in [1.82, 2.24) is 0 Å². The molecule has 0 heterocycles. The Morgan fingerprint density at radius 3 is 2.57 bits per heavy atom. The first kappa shape index (κ1) is 29.8. The molecule has 1 aromatic carbocycles. The predicted molar refractivity (Wildman–Crippen MR) is 139 cm³/mol. The Balaban J connectivity index is 1.64. The van der Waals surface area contributed by atoms with Crippen LogP contribution in [0.25, 0.3) is 0 Å². The summed E-state index contributed by atoms with van der Waals surface area (Å²) < 4.78 is 27.1. The van der Waals surface area contributed by atoms with Gasteiger partial charge < -0.3 is 20.1 Å². The van der Waals surface area contributed by atoms with Crippen LogP contribution in [-0.4, -0.2) is 66.6 Å². The summed E-state index contributed by atoms with van der Waals surface area (Å²) in [6.07, 6.45) is 8.94. The number of carbonyl (C=O) groups is 1. The van der Waals surface area contributed by atoms with Crippen molar-refractivity contribution in [2.75, 3.05) is 18.6 Å². The van der Waals surface area contributed by atoms with E-state index < -0.39 is 27.2 Å². The molecule has 2 rings (SSSR count). The number of aliphatic hydroxyl groups is 3. The number of carbonyl (C=O) groups excluding carboxylic acids is 1. The van der Waals surface area contributed by atoms with Crippen molar-refractivity contribution in [2.45, 2.75) is 76.1 Å². The Bertz CT molecular complexity index is 873. The first-order valence-corrected chi connectivity index (χ1v) is 15.8. The number of allylic oxidation sites excluding steroid dienone is 2. The normalized spacial score (nSPS) is 23.5. The van der Waals surface area contributed by atoms with Gasteiger partial charge in [-0.3, -0.25) is 4.79 Å². The zero-order valence-corrected chi connectivity index (χ0v) is 22.1. The standard InChI is InChI=1S/C26H40O7S2/c1-35(31,32)34-18-17-33-26(30)12-8-3-2-7-11-22-23(25(29)19-24(22)28)16-15-21(27)14-13-20-9-5-4-6-10-20/h2,4-7,9-10,21-25,27-29H,3,8,11-19H2,1H3/b7-2-/t21-,22+,23+,24-,25+/m0/s1. The summed E-state index contributed by atoms with van der Waals surface area (Å²) >= 11 is 0. The molecule has 0 amide bonds. The summed E-state index contributed by atoms with van der Waals surface area (Å²) in [6.45, 7) is 0.0800. The molecule has 1 aliphatic rings. The zero-order chi connectivity index (χ0) is 25.7.